The van der Waals surface area contributed by atoms with Gasteiger partial charge >= 0.3 is 5.63 Å². The lowest BCUT2D eigenvalue weighted by atomic mass is 10.1. The molecule has 0 saturated heterocycles. The fraction of sp³-hybridized carbons (Fsp3) is 0.316. The van der Waals surface area contributed by atoms with Gasteiger partial charge in [0.1, 0.15) is 17.9 Å². The van der Waals surface area contributed by atoms with Crippen molar-refractivity contribution in [1.82, 2.24) is 0 Å². The number of aliphatic hydroxyl groups excluding tert-OH is 1. The quantitative estimate of drug-likeness (QED) is 0.623. The molecule has 0 bridgehead atoms. The maximum Gasteiger partial charge on any atom is 0.336 e. The predicted octanol–water partition coefficient (Wildman–Crippen LogP) is 3.84. The highest BCUT2D eigenvalue weighted by atomic mass is 16.5. The van der Waals surface area contributed by atoms with Gasteiger partial charge < -0.3 is 14.3 Å². The number of hydrogen-bond acceptors (Lipinski definition) is 4. The Morgan fingerprint density at radius 3 is 2.74 bits per heavy atom. The van der Waals surface area contributed by atoms with E-state index in [1.54, 1.807) is 12.1 Å². The Labute approximate surface area is 135 Å². The highest BCUT2D eigenvalue weighted by Gasteiger charge is 2.00. The maximum absolute atomic E-state index is 11.2. The summed E-state index contributed by atoms with van der Waals surface area (Å²) < 4.78 is 10.8. The number of aliphatic hydroxyl groups is 1. The van der Waals surface area contributed by atoms with E-state index in [-0.39, 0.29) is 12.2 Å². The van der Waals surface area contributed by atoms with Crippen LogP contribution in [0, 0.1) is 0 Å². The molecular weight excluding hydrogens is 292 g/mol. The second-order valence-corrected chi connectivity index (χ2v) is 5.56. The van der Waals surface area contributed by atoms with E-state index in [0.29, 0.717) is 17.9 Å². The summed E-state index contributed by atoms with van der Waals surface area (Å²) in [6.45, 7) is 4.56. The van der Waals surface area contributed by atoms with Crippen molar-refractivity contribution in [2.24, 2.45) is 0 Å². The van der Waals surface area contributed by atoms with Crippen LogP contribution < -0.4 is 10.4 Å². The smallest absolute Gasteiger partial charge is 0.336 e. The summed E-state index contributed by atoms with van der Waals surface area (Å²) in [6, 6.07) is 8.59. The molecule has 0 amide bonds. The van der Waals surface area contributed by atoms with E-state index >= 15 is 0 Å². The van der Waals surface area contributed by atoms with Crippen LogP contribution in [0.1, 0.15) is 26.7 Å². The van der Waals surface area contributed by atoms with Crippen LogP contribution in [-0.4, -0.2) is 18.3 Å². The first-order valence-electron chi connectivity index (χ1n) is 7.67. The van der Waals surface area contributed by atoms with Gasteiger partial charge in [-0.3, -0.25) is 0 Å². The van der Waals surface area contributed by atoms with E-state index in [0.717, 1.165) is 23.8 Å². The van der Waals surface area contributed by atoms with Gasteiger partial charge in [0.2, 0.25) is 0 Å². The third-order valence-electron chi connectivity index (χ3n) is 3.56. The van der Waals surface area contributed by atoms with Crippen LogP contribution in [0.25, 0.3) is 11.0 Å². The molecule has 4 nitrogen and oxygen atoms in total. The summed E-state index contributed by atoms with van der Waals surface area (Å²) in [7, 11) is 0. The van der Waals surface area contributed by atoms with Crippen molar-refractivity contribution in [2.45, 2.75) is 26.7 Å². The number of benzene rings is 1. The van der Waals surface area contributed by atoms with E-state index in [1.165, 1.54) is 11.6 Å². The van der Waals surface area contributed by atoms with E-state index in [2.05, 4.69) is 6.92 Å². The van der Waals surface area contributed by atoms with Gasteiger partial charge in [-0.15, -0.1) is 0 Å². The largest absolute Gasteiger partial charge is 0.489 e. The molecule has 1 aromatic heterocycles. The van der Waals surface area contributed by atoms with Crippen LogP contribution in [0.15, 0.2) is 62.8 Å². The second-order valence-electron chi connectivity index (χ2n) is 5.56. The number of hydrogen-bond donors (Lipinski definition) is 1. The zero-order chi connectivity index (χ0) is 16.7. The molecular formula is C19H22O4. The zero-order valence-corrected chi connectivity index (χ0v) is 13.5. The second kappa shape index (κ2) is 8.34. The minimum Gasteiger partial charge on any atom is -0.489 e. The van der Waals surface area contributed by atoms with Crippen molar-refractivity contribution in [3.63, 3.8) is 0 Å². The summed E-state index contributed by atoms with van der Waals surface area (Å²) in [5, 5.41) is 9.80. The Morgan fingerprint density at radius 2 is 1.96 bits per heavy atom. The summed E-state index contributed by atoms with van der Waals surface area (Å²) in [4.78, 5) is 11.2. The Morgan fingerprint density at radius 1 is 1.17 bits per heavy atom. The van der Waals surface area contributed by atoms with E-state index in [4.69, 9.17) is 14.3 Å². The first kappa shape index (κ1) is 17.0. The normalized spacial score (nSPS) is 12.7. The molecule has 0 fully saturated rings. The fourth-order valence-electron chi connectivity index (χ4n) is 2.12. The van der Waals surface area contributed by atoms with Crippen LogP contribution in [0.3, 0.4) is 0 Å². The van der Waals surface area contributed by atoms with Gasteiger partial charge in [-0.05, 0) is 51.0 Å². The Balaban J connectivity index is 1.90. The molecule has 1 N–H and O–H groups in total. The van der Waals surface area contributed by atoms with Gasteiger partial charge in [0.15, 0.2) is 0 Å². The number of allylic oxidation sites excluding steroid dienone is 2. The molecule has 0 aliphatic rings. The van der Waals surface area contributed by atoms with E-state index < -0.39 is 0 Å². The average Bonchev–Trinajstić information content (AvgIpc) is 2.54. The maximum atomic E-state index is 11.2. The molecule has 1 heterocycles. The first-order chi connectivity index (χ1) is 11.1. The molecule has 122 valence electrons. The molecule has 23 heavy (non-hydrogen) atoms. The number of fused-ring (bicyclic) bond motifs is 1. The first-order valence-corrected chi connectivity index (χ1v) is 7.67. The molecule has 4 heteroatoms. The third kappa shape index (κ3) is 5.42. The lowest BCUT2D eigenvalue weighted by molar-refractivity contribution is 0.331. The monoisotopic (exact) mass is 314 g/mol. The molecule has 0 radical (unpaired) electrons. The lowest BCUT2D eigenvalue weighted by Crippen LogP contribution is -1.97. The van der Waals surface area contributed by atoms with Gasteiger partial charge in [-0.1, -0.05) is 17.2 Å². The van der Waals surface area contributed by atoms with Crippen LogP contribution in [0.4, 0.5) is 0 Å². The van der Waals surface area contributed by atoms with Crippen molar-refractivity contribution in [3.05, 3.63) is 64.1 Å². The molecule has 0 unspecified atom stereocenters. The van der Waals surface area contributed by atoms with E-state index in [9.17, 15) is 4.79 Å². The summed E-state index contributed by atoms with van der Waals surface area (Å²) in [6.07, 6.45) is 5.93. The number of ether oxygens (including phenoxy) is 1. The van der Waals surface area contributed by atoms with E-state index in [1.807, 2.05) is 31.2 Å². The minimum atomic E-state index is -0.364. The summed E-state index contributed by atoms with van der Waals surface area (Å²) in [5.41, 5.74) is 2.39. The molecule has 1 aromatic carbocycles. The van der Waals surface area contributed by atoms with Crippen LogP contribution in [0.5, 0.6) is 5.75 Å². The van der Waals surface area contributed by atoms with Crippen molar-refractivity contribution in [3.8, 4) is 5.75 Å². The highest BCUT2D eigenvalue weighted by molar-refractivity contribution is 5.77. The molecule has 0 aliphatic carbocycles. The van der Waals surface area contributed by atoms with Crippen molar-refractivity contribution < 1.29 is 14.3 Å². The lowest BCUT2D eigenvalue weighted by Gasteiger charge is -2.05. The van der Waals surface area contributed by atoms with Crippen molar-refractivity contribution >= 4 is 11.0 Å². The fourth-order valence-corrected chi connectivity index (χ4v) is 2.12. The van der Waals surface area contributed by atoms with Gasteiger partial charge in [0.25, 0.3) is 0 Å². The van der Waals surface area contributed by atoms with Crippen molar-refractivity contribution in [2.75, 3.05) is 13.2 Å². The van der Waals surface area contributed by atoms with Crippen molar-refractivity contribution in [1.29, 1.82) is 0 Å². The van der Waals surface area contributed by atoms with Gasteiger partial charge in [-0.2, -0.15) is 0 Å². The number of rotatable bonds is 7. The standard InChI is InChI=1S/C19H22O4/c1-14(4-3-5-15(2)13-20)10-11-22-17-8-6-16-7-9-19(21)23-18(16)12-17/h5-10,12,20H,3-4,11,13H2,1-2H3/b14-10+,15-5-. The Bertz CT molecular complexity index is 768. The highest BCUT2D eigenvalue weighted by Crippen LogP contribution is 2.19. The molecule has 0 atom stereocenters. The SMILES string of the molecule is C/C(=C/CC/C(C)=C/COc1ccc2ccc(=O)oc2c1)CO. The molecule has 0 aliphatic heterocycles. The van der Waals surface area contributed by atoms with Gasteiger partial charge in [-0.25, -0.2) is 4.79 Å². The Kier molecular flexibility index (Phi) is 6.18. The summed E-state index contributed by atoms with van der Waals surface area (Å²) in [5.74, 6) is 0.673. The Hall–Kier alpha value is -2.33. The molecule has 0 spiro atoms. The topological polar surface area (TPSA) is 59.7 Å². The average molecular weight is 314 g/mol. The molecule has 2 aromatic rings. The summed E-state index contributed by atoms with van der Waals surface area (Å²) >= 11 is 0. The van der Waals surface area contributed by atoms with Crippen LogP contribution in [-0.2, 0) is 0 Å². The zero-order valence-electron chi connectivity index (χ0n) is 13.5. The van der Waals surface area contributed by atoms with Crippen LogP contribution >= 0.6 is 0 Å². The minimum absolute atomic E-state index is 0.115. The van der Waals surface area contributed by atoms with Gasteiger partial charge in [0.05, 0.1) is 6.61 Å². The van der Waals surface area contributed by atoms with Crippen LogP contribution in [0.2, 0.25) is 0 Å². The van der Waals surface area contributed by atoms with Gasteiger partial charge in [0, 0.05) is 17.5 Å². The molecule has 2 rings (SSSR count). The predicted molar refractivity (Wildman–Crippen MR) is 91.8 cm³/mol. The molecule has 0 saturated carbocycles. The third-order valence-corrected chi connectivity index (χ3v) is 3.56.